The Hall–Kier alpha value is -1.32. The first-order valence-corrected chi connectivity index (χ1v) is 7.24. The Morgan fingerprint density at radius 3 is 2.68 bits per heavy atom. The molecule has 1 atom stereocenters. The Labute approximate surface area is 117 Å². The highest BCUT2D eigenvalue weighted by Gasteiger charge is 2.07. The summed E-state index contributed by atoms with van der Waals surface area (Å²) in [6.07, 6.45) is 0.0173. The molecule has 1 nitrogen and oxygen atoms in total. The van der Waals surface area contributed by atoms with Gasteiger partial charge in [0.25, 0.3) is 0 Å². The zero-order valence-corrected chi connectivity index (χ0v) is 11.7. The molecule has 2 aromatic rings. The molecule has 0 fully saturated rings. The van der Waals surface area contributed by atoms with E-state index in [0.717, 1.165) is 10.5 Å². The summed E-state index contributed by atoms with van der Waals surface area (Å²) in [6.45, 7) is 2.05. The van der Waals surface area contributed by atoms with Gasteiger partial charge in [0, 0.05) is 10.6 Å². The van der Waals surface area contributed by atoms with Gasteiger partial charge in [0.15, 0.2) is 0 Å². The predicted octanol–water partition coefficient (Wildman–Crippen LogP) is 3.83. The molecule has 0 saturated carbocycles. The molecule has 0 saturated heterocycles. The molecule has 0 aliphatic rings. The molecule has 0 heterocycles. The number of hydrogen-bond acceptors (Lipinski definition) is 2. The minimum absolute atomic E-state index is 0.254. The summed E-state index contributed by atoms with van der Waals surface area (Å²) in [5.41, 5.74) is 2.04. The largest absolute Gasteiger partial charge is 0.392 e. The van der Waals surface area contributed by atoms with E-state index in [1.54, 1.807) is 17.8 Å². The van der Waals surface area contributed by atoms with E-state index in [9.17, 15) is 9.50 Å². The van der Waals surface area contributed by atoms with Gasteiger partial charge in [-0.1, -0.05) is 29.8 Å². The molecule has 2 rings (SSSR count). The maximum atomic E-state index is 13.0. The zero-order chi connectivity index (χ0) is 13.7. The third-order valence-corrected chi connectivity index (χ3v) is 3.93. The van der Waals surface area contributed by atoms with Crippen molar-refractivity contribution in [3.8, 4) is 0 Å². The van der Waals surface area contributed by atoms with Gasteiger partial charge in [-0.05, 0) is 43.2 Å². The second-order valence-corrected chi connectivity index (χ2v) is 5.71. The summed E-state index contributed by atoms with van der Waals surface area (Å²) < 4.78 is 13.0. The van der Waals surface area contributed by atoms with Gasteiger partial charge in [0.05, 0.1) is 6.10 Å². The molecule has 0 aromatic heterocycles. The van der Waals surface area contributed by atoms with Crippen molar-refractivity contribution in [2.24, 2.45) is 0 Å². The Kier molecular flexibility index (Phi) is 5.00. The third kappa shape index (κ3) is 4.69. The van der Waals surface area contributed by atoms with Crippen LogP contribution in [0.5, 0.6) is 0 Å². The Bertz CT molecular complexity index is 542. The van der Waals surface area contributed by atoms with Gasteiger partial charge in [-0.25, -0.2) is 4.39 Å². The molecule has 100 valence electrons. The first kappa shape index (κ1) is 14.1. The smallest absolute Gasteiger partial charge is 0.123 e. The van der Waals surface area contributed by atoms with Crippen LogP contribution in [0.25, 0.3) is 0 Å². The molecule has 0 amide bonds. The lowest BCUT2D eigenvalue weighted by molar-refractivity contribution is 0.200. The molecule has 19 heavy (non-hydrogen) atoms. The second-order valence-electron chi connectivity index (χ2n) is 4.62. The van der Waals surface area contributed by atoms with Crippen molar-refractivity contribution >= 4 is 11.8 Å². The molecule has 0 aliphatic heterocycles. The van der Waals surface area contributed by atoms with Gasteiger partial charge in [-0.2, -0.15) is 0 Å². The number of aliphatic hydroxyl groups excluding tert-OH is 1. The van der Waals surface area contributed by atoms with E-state index in [-0.39, 0.29) is 5.82 Å². The molecule has 0 spiro atoms. The van der Waals surface area contributed by atoms with Crippen molar-refractivity contribution in [3.05, 3.63) is 65.5 Å². The minimum Gasteiger partial charge on any atom is -0.392 e. The predicted molar refractivity (Wildman–Crippen MR) is 78.0 cm³/mol. The van der Waals surface area contributed by atoms with E-state index in [1.807, 2.05) is 31.2 Å². The average Bonchev–Trinajstić information content (AvgIpc) is 2.36. The monoisotopic (exact) mass is 276 g/mol. The van der Waals surface area contributed by atoms with Crippen LogP contribution in [0.2, 0.25) is 0 Å². The number of halogens is 1. The number of aliphatic hydroxyl groups is 1. The molecular weight excluding hydrogens is 259 g/mol. The summed E-state index contributed by atoms with van der Waals surface area (Å²) in [7, 11) is 0. The SMILES string of the molecule is Cc1cccc(SCC(O)Cc2cccc(F)c2)c1. The summed E-state index contributed by atoms with van der Waals surface area (Å²) in [5.74, 6) is 0.357. The highest BCUT2D eigenvalue weighted by atomic mass is 32.2. The number of thioether (sulfide) groups is 1. The minimum atomic E-state index is -0.465. The molecular formula is C16H17FOS. The van der Waals surface area contributed by atoms with Gasteiger partial charge in [0.1, 0.15) is 5.82 Å². The summed E-state index contributed by atoms with van der Waals surface area (Å²) >= 11 is 1.62. The molecule has 0 radical (unpaired) electrons. The van der Waals surface area contributed by atoms with Crippen molar-refractivity contribution < 1.29 is 9.50 Å². The fourth-order valence-corrected chi connectivity index (χ4v) is 2.84. The van der Waals surface area contributed by atoms with Crippen molar-refractivity contribution in [1.29, 1.82) is 0 Å². The van der Waals surface area contributed by atoms with Crippen molar-refractivity contribution in [3.63, 3.8) is 0 Å². The lowest BCUT2D eigenvalue weighted by Crippen LogP contribution is -2.13. The van der Waals surface area contributed by atoms with Gasteiger partial charge < -0.3 is 5.11 Å². The molecule has 0 aliphatic carbocycles. The fourth-order valence-electron chi connectivity index (χ4n) is 1.89. The Morgan fingerprint density at radius 2 is 1.95 bits per heavy atom. The van der Waals surface area contributed by atoms with Crippen LogP contribution in [0, 0.1) is 12.7 Å². The van der Waals surface area contributed by atoms with Crippen LogP contribution in [0.15, 0.2) is 53.4 Å². The molecule has 3 heteroatoms. The second kappa shape index (κ2) is 6.73. The van der Waals surface area contributed by atoms with Gasteiger partial charge in [0.2, 0.25) is 0 Å². The topological polar surface area (TPSA) is 20.2 Å². The van der Waals surface area contributed by atoms with E-state index < -0.39 is 6.10 Å². The Morgan fingerprint density at radius 1 is 1.16 bits per heavy atom. The number of rotatable bonds is 5. The molecule has 1 N–H and O–H groups in total. The Balaban J connectivity index is 1.86. The molecule has 1 unspecified atom stereocenters. The zero-order valence-electron chi connectivity index (χ0n) is 10.8. The summed E-state index contributed by atoms with van der Waals surface area (Å²) in [6, 6.07) is 14.6. The number of benzene rings is 2. The summed E-state index contributed by atoms with van der Waals surface area (Å²) in [4.78, 5) is 1.15. The van der Waals surface area contributed by atoms with E-state index in [0.29, 0.717) is 12.2 Å². The van der Waals surface area contributed by atoms with Crippen LogP contribution < -0.4 is 0 Å². The first-order chi connectivity index (χ1) is 9.13. The third-order valence-electron chi connectivity index (χ3n) is 2.79. The first-order valence-electron chi connectivity index (χ1n) is 6.25. The normalized spacial score (nSPS) is 12.4. The van der Waals surface area contributed by atoms with Crippen LogP contribution in [-0.4, -0.2) is 17.0 Å². The van der Waals surface area contributed by atoms with Crippen molar-refractivity contribution in [2.45, 2.75) is 24.3 Å². The van der Waals surface area contributed by atoms with Crippen LogP contribution in [0.3, 0.4) is 0 Å². The molecule has 2 aromatic carbocycles. The quantitative estimate of drug-likeness (QED) is 0.838. The van der Waals surface area contributed by atoms with E-state index in [4.69, 9.17) is 0 Å². The number of aryl methyl sites for hydroxylation is 1. The van der Waals surface area contributed by atoms with Crippen LogP contribution >= 0.6 is 11.8 Å². The maximum Gasteiger partial charge on any atom is 0.123 e. The highest BCUT2D eigenvalue weighted by molar-refractivity contribution is 7.99. The number of hydrogen-bond donors (Lipinski definition) is 1. The van der Waals surface area contributed by atoms with Crippen molar-refractivity contribution in [1.82, 2.24) is 0 Å². The highest BCUT2D eigenvalue weighted by Crippen LogP contribution is 2.20. The fraction of sp³-hybridized carbons (Fsp3) is 0.250. The standard InChI is InChI=1S/C16H17FOS/c1-12-4-2-7-16(8-12)19-11-15(18)10-13-5-3-6-14(17)9-13/h2-9,15,18H,10-11H2,1H3. The molecule has 0 bridgehead atoms. The van der Waals surface area contributed by atoms with Crippen LogP contribution in [0.1, 0.15) is 11.1 Å². The lowest BCUT2D eigenvalue weighted by Gasteiger charge is -2.10. The van der Waals surface area contributed by atoms with E-state index in [1.165, 1.54) is 17.7 Å². The van der Waals surface area contributed by atoms with Gasteiger partial charge >= 0.3 is 0 Å². The maximum absolute atomic E-state index is 13.0. The van der Waals surface area contributed by atoms with Crippen molar-refractivity contribution in [2.75, 3.05) is 5.75 Å². The lowest BCUT2D eigenvalue weighted by atomic mass is 10.1. The van der Waals surface area contributed by atoms with Gasteiger partial charge in [-0.3, -0.25) is 0 Å². The average molecular weight is 276 g/mol. The summed E-state index contributed by atoms with van der Waals surface area (Å²) in [5, 5.41) is 9.98. The van der Waals surface area contributed by atoms with Crippen LogP contribution in [-0.2, 0) is 6.42 Å². The van der Waals surface area contributed by atoms with E-state index in [2.05, 4.69) is 6.07 Å². The van der Waals surface area contributed by atoms with Crippen LogP contribution in [0.4, 0.5) is 4.39 Å². The van der Waals surface area contributed by atoms with Gasteiger partial charge in [-0.15, -0.1) is 11.8 Å². The van der Waals surface area contributed by atoms with E-state index >= 15 is 0 Å².